The number of alkyl halides is 2. The minimum atomic E-state index is -2.98. The molecule has 1 aliphatic heterocycles. The number of hydrogen-bond donors (Lipinski definition) is 2. The number of nitrogen functional groups attached to an aromatic ring is 1. The average molecular weight is 413 g/mol. The second-order valence-corrected chi connectivity index (χ2v) is 6.91. The predicted molar refractivity (Wildman–Crippen MR) is 103 cm³/mol. The first-order valence-corrected chi connectivity index (χ1v) is 9.24. The van der Waals surface area contributed by atoms with Gasteiger partial charge in [-0.15, -0.1) is 5.10 Å². The highest BCUT2D eigenvalue weighted by Gasteiger charge is 2.34. The lowest BCUT2D eigenvalue weighted by atomic mass is 9.91. The van der Waals surface area contributed by atoms with E-state index in [0.717, 1.165) is 5.56 Å². The van der Waals surface area contributed by atoms with E-state index >= 15 is 0 Å². The van der Waals surface area contributed by atoms with Gasteiger partial charge in [0.05, 0.1) is 31.1 Å². The number of hydrogen-bond acceptors (Lipinski definition) is 7. The van der Waals surface area contributed by atoms with Crippen molar-refractivity contribution in [3.05, 3.63) is 48.2 Å². The summed E-state index contributed by atoms with van der Waals surface area (Å²) in [6.45, 7) is -1.80. The topological polar surface area (TPSA) is 117 Å². The van der Waals surface area contributed by atoms with Crippen molar-refractivity contribution < 1.29 is 18.3 Å². The molecule has 0 saturated carbocycles. The Hall–Kier alpha value is -3.60. The third-order valence-corrected chi connectivity index (χ3v) is 4.96. The quantitative estimate of drug-likeness (QED) is 0.499. The van der Waals surface area contributed by atoms with Gasteiger partial charge in [0.2, 0.25) is 5.88 Å². The Labute approximate surface area is 168 Å². The Kier molecular flexibility index (Phi) is 4.51. The summed E-state index contributed by atoms with van der Waals surface area (Å²) in [4.78, 5) is 8.84. The molecule has 1 fully saturated rings. The Bertz CT molecular complexity index is 1170. The zero-order valence-electron chi connectivity index (χ0n) is 15.6. The van der Waals surface area contributed by atoms with E-state index < -0.39 is 6.61 Å². The molecular weight excluding hydrogens is 396 g/mol. The predicted octanol–water partition coefficient (Wildman–Crippen LogP) is 2.64. The molecule has 0 radical (unpaired) electrons. The van der Waals surface area contributed by atoms with Gasteiger partial charge in [-0.2, -0.15) is 13.9 Å². The van der Waals surface area contributed by atoms with E-state index in [2.05, 4.69) is 24.9 Å². The molecule has 1 aliphatic rings. The maximum Gasteiger partial charge on any atom is 0.388 e. The minimum absolute atomic E-state index is 0.160. The molecule has 4 aromatic rings. The van der Waals surface area contributed by atoms with E-state index in [0.29, 0.717) is 35.8 Å². The first kappa shape index (κ1) is 18.4. The third kappa shape index (κ3) is 3.22. The lowest BCUT2D eigenvalue weighted by Gasteiger charge is -2.34. The van der Waals surface area contributed by atoms with Crippen LogP contribution in [0.25, 0.3) is 22.6 Å². The van der Waals surface area contributed by atoms with E-state index in [1.54, 1.807) is 4.68 Å². The van der Waals surface area contributed by atoms with E-state index in [4.69, 9.17) is 15.6 Å². The number of fused-ring (bicyclic) bond motifs is 1. The van der Waals surface area contributed by atoms with E-state index in [1.807, 2.05) is 30.3 Å². The van der Waals surface area contributed by atoms with Crippen molar-refractivity contribution in [2.24, 2.45) is 5.92 Å². The highest BCUT2D eigenvalue weighted by atomic mass is 19.3. The number of anilines is 1. The highest BCUT2D eigenvalue weighted by Crippen LogP contribution is 2.36. The third-order valence-electron chi connectivity index (χ3n) is 4.96. The fourth-order valence-electron chi connectivity index (χ4n) is 3.57. The van der Waals surface area contributed by atoms with Crippen LogP contribution in [0.4, 0.5) is 14.6 Å². The van der Waals surface area contributed by atoms with Crippen LogP contribution in [0.2, 0.25) is 0 Å². The maximum absolute atomic E-state index is 12.5. The summed E-state index contributed by atoms with van der Waals surface area (Å²) in [6, 6.07) is 11.1. The Morgan fingerprint density at radius 3 is 2.73 bits per heavy atom. The number of aromatic nitrogens is 6. The summed E-state index contributed by atoms with van der Waals surface area (Å²) in [7, 11) is 0. The van der Waals surface area contributed by atoms with Crippen LogP contribution < -0.4 is 10.5 Å². The molecule has 4 heterocycles. The molecule has 0 aliphatic carbocycles. The molecule has 3 aromatic heterocycles. The summed E-state index contributed by atoms with van der Waals surface area (Å²) < 4.78 is 36.6. The molecule has 1 atom stereocenters. The minimum Gasteiger partial charge on any atom is -0.415 e. The largest absolute Gasteiger partial charge is 0.415 e. The molecule has 154 valence electrons. The molecule has 1 aromatic carbocycles. The standard InChI is InChI=1S/C19H17F2N7O2/c20-19(21)30-14-6-12(25-26-14)15-16-18(24-13(22)7-23-16)28(27-15)17(11-8-29-9-11)10-4-2-1-3-5-10/h1-7,11,17,19H,8-9H2,(H2,22,24)(H,25,26). The zero-order valence-corrected chi connectivity index (χ0v) is 15.6. The Balaban J connectivity index is 1.67. The van der Waals surface area contributed by atoms with Crippen LogP contribution >= 0.6 is 0 Å². The van der Waals surface area contributed by atoms with Gasteiger partial charge in [-0.3, -0.25) is 5.10 Å². The van der Waals surface area contributed by atoms with Gasteiger partial charge < -0.3 is 15.2 Å². The SMILES string of the molecule is Nc1cnc2c(-c3cc(OC(F)F)n[nH]3)nn(C(c3ccccc3)C3COC3)c2n1. The Morgan fingerprint density at radius 2 is 2.03 bits per heavy atom. The molecule has 3 N–H and O–H groups in total. The molecule has 11 heteroatoms. The summed E-state index contributed by atoms with van der Waals surface area (Å²) >= 11 is 0. The van der Waals surface area contributed by atoms with Crippen LogP contribution in [0, 0.1) is 5.92 Å². The monoisotopic (exact) mass is 413 g/mol. The number of rotatable bonds is 6. The second-order valence-electron chi connectivity index (χ2n) is 6.91. The molecule has 9 nitrogen and oxygen atoms in total. The van der Waals surface area contributed by atoms with Crippen molar-refractivity contribution in [3.8, 4) is 17.3 Å². The number of nitrogens with one attached hydrogen (secondary N) is 1. The summed E-state index contributed by atoms with van der Waals surface area (Å²) in [6.07, 6.45) is 1.43. The van der Waals surface area contributed by atoms with E-state index in [1.165, 1.54) is 12.3 Å². The van der Waals surface area contributed by atoms with Crippen molar-refractivity contribution in [3.63, 3.8) is 0 Å². The second kappa shape index (κ2) is 7.34. The normalized spacial score (nSPS) is 15.4. The van der Waals surface area contributed by atoms with Gasteiger partial charge >= 0.3 is 6.61 Å². The van der Waals surface area contributed by atoms with Gasteiger partial charge in [0.15, 0.2) is 5.65 Å². The van der Waals surface area contributed by atoms with Crippen LogP contribution in [0.5, 0.6) is 5.88 Å². The van der Waals surface area contributed by atoms with Crippen molar-refractivity contribution >= 4 is 17.0 Å². The molecule has 0 bridgehead atoms. The Morgan fingerprint density at radius 1 is 1.23 bits per heavy atom. The number of nitrogens with zero attached hydrogens (tertiary/aromatic N) is 5. The van der Waals surface area contributed by atoms with Gasteiger partial charge in [0, 0.05) is 12.0 Å². The smallest absolute Gasteiger partial charge is 0.388 e. The van der Waals surface area contributed by atoms with Gasteiger partial charge in [0.25, 0.3) is 0 Å². The maximum atomic E-state index is 12.5. The highest BCUT2D eigenvalue weighted by molar-refractivity contribution is 5.87. The number of aromatic amines is 1. The first-order chi connectivity index (χ1) is 14.6. The van der Waals surface area contributed by atoms with Gasteiger partial charge in [-0.05, 0) is 5.56 Å². The van der Waals surface area contributed by atoms with Gasteiger partial charge in [-0.1, -0.05) is 30.3 Å². The van der Waals surface area contributed by atoms with Crippen LogP contribution in [0.15, 0.2) is 42.6 Å². The number of H-pyrrole nitrogens is 1. The molecule has 30 heavy (non-hydrogen) atoms. The van der Waals surface area contributed by atoms with Crippen LogP contribution in [0.3, 0.4) is 0 Å². The van der Waals surface area contributed by atoms with E-state index in [-0.39, 0.29) is 23.7 Å². The number of benzene rings is 1. The van der Waals surface area contributed by atoms with Gasteiger partial charge in [-0.25, -0.2) is 14.6 Å². The van der Waals surface area contributed by atoms with Crippen LogP contribution in [0.1, 0.15) is 11.6 Å². The molecule has 0 amide bonds. The van der Waals surface area contributed by atoms with Crippen molar-refractivity contribution in [1.29, 1.82) is 0 Å². The molecule has 5 rings (SSSR count). The summed E-state index contributed by atoms with van der Waals surface area (Å²) in [5.74, 6) is 0.197. The lowest BCUT2D eigenvalue weighted by Crippen LogP contribution is -2.37. The van der Waals surface area contributed by atoms with Crippen molar-refractivity contribution in [2.75, 3.05) is 18.9 Å². The van der Waals surface area contributed by atoms with Crippen molar-refractivity contribution in [1.82, 2.24) is 29.9 Å². The summed E-state index contributed by atoms with van der Waals surface area (Å²) in [5.41, 5.74) is 8.68. The van der Waals surface area contributed by atoms with Crippen LogP contribution in [-0.2, 0) is 4.74 Å². The number of ether oxygens (including phenoxy) is 2. The number of nitrogens with two attached hydrogens (primary N) is 1. The molecule has 0 spiro atoms. The fourth-order valence-corrected chi connectivity index (χ4v) is 3.57. The zero-order chi connectivity index (χ0) is 20.7. The van der Waals surface area contributed by atoms with Crippen molar-refractivity contribution in [2.45, 2.75) is 12.7 Å². The fraction of sp³-hybridized carbons (Fsp3) is 0.263. The number of halogens is 2. The lowest BCUT2D eigenvalue weighted by molar-refractivity contribution is -0.0528. The van der Waals surface area contributed by atoms with E-state index in [9.17, 15) is 8.78 Å². The molecule has 1 unspecified atom stereocenters. The molecular formula is C19H17F2N7O2. The van der Waals surface area contributed by atoms with Gasteiger partial charge in [0.1, 0.15) is 17.0 Å². The average Bonchev–Trinajstić information content (AvgIpc) is 3.29. The summed E-state index contributed by atoms with van der Waals surface area (Å²) in [5, 5.41) is 11.2. The van der Waals surface area contributed by atoms with Crippen LogP contribution in [-0.4, -0.2) is 49.8 Å². The molecule has 1 saturated heterocycles. The first-order valence-electron chi connectivity index (χ1n) is 9.24.